The number of alkyl carbamates (subject to hydrolysis) is 1. The molecule has 5 nitrogen and oxygen atoms in total. The highest BCUT2D eigenvalue weighted by atomic mass is 16.6. The van der Waals surface area contributed by atoms with E-state index in [0.29, 0.717) is 30.8 Å². The van der Waals surface area contributed by atoms with E-state index in [-0.39, 0.29) is 17.6 Å². The standard InChI is InChI=1S/C16H30N2O3/c1-15(2,3)21-14(19)18-9-10-6-7-20-13(10)12-11(8-17)16(12,4)5/h10-13H,6-9,17H2,1-5H3,(H,18,19)/t10-,11+,12-,13?/m0/s1. The molecule has 1 amide bonds. The zero-order valence-electron chi connectivity index (χ0n) is 13.9. The van der Waals surface area contributed by atoms with Crippen LogP contribution in [0.15, 0.2) is 0 Å². The van der Waals surface area contributed by atoms with Crippen LogP contribution in [-0.2, 0) is 9.47 Å². The Morgan fingerprint density at radius 1 is 1.43 bits per heavy atom. The fourth-order valence-corrected chi connectivity index (χ4v) is 3.69. The molecule has 1 heterocycles. The Hall–Kier alpha value is -0.810. The first kappa shape index (κ1) is 16.6. The molecule has 1 saturated heterocycles. The molecule has 122 valence electrons. The fraction of sp³-hybridized carbons (Fsp3) is 0.938. The molecule has 0 bridgehead atoms. The molecule has 0 aromatic carbocycles. The predicted molar refractivity (Wildman–Crippen MR) is 81.9 cm³/mol. The maximum absolute atomic E-state index is 11.8. The van der Waals surface area contributed by atoms with Crippen molar-refractivity contribution in [3.63, 3.8) is 0 Å². The largest absolute Gasteiger partial charge is 0.444 e. The van der Waals surface area contributed by atoms with E-state index in [1.165, 1.54) is 0 Å². The Kier molecular flexibility index (Phi) is 4.54. The molecule has 1 unspecified atom stereocenters. The van der Waals surface area contributed by atoms with Crippen molar-refractivity contribution in [2.75, 3.05) is 19.7 Å². The van der Waals surface area contributed by atoms with Crippen molar-refractivity contribution >= 4 is 6.09 Å². The summed E-state index contributed by atoms with van der Waals surface area (Å²) in [7, 11) is 0. The Labute approximate surface area is 127 Å². The molecule has 2 fully saturated rings. The van der Waals surface area contributed by atoms with E-state index in [4.69, 9.17) is 15.2 Å². The van der Waals surface area contributed by atoms with Crippen LogP contribution in [0, 0.1) is 23.2 Å². The van der Waals surface area contributed by atoms with Crippen LogP contribution >= 0.6 is 0 Å². The number of nitrogens with two attached hydrogens (primary N) is 1. The van der Waals surface area contributed by atoms with Gasteiger partial charge in [0.25, 0.3) is 0 Å². The number of rotatable bonds is 4. The van der Waals surface area contributed by atoms with Gasteiger partial charge in [-0.2, -0.15) is 0 Å². The number of nitrogens with one attached hydrogen (secondary N) is 1. The molecule has 21 heavy (non-hydrogen) atoms. The molecule has 1 aliphatic heterocycles. The van der Waals surface area contributed by atoms with E-state index in [0.717, 1.165) is 13.0 Å². The van der Waals surface area contributed by atoms with Crippen molar-refractivity contribution in [2.24, 2.45) is 28.9 Å². The third-order valence-corrected chi connectivity index (χ3v) is 4.92. The predicted octanol–water partition coefficient (Wildman–Crippen LogP) is 2.15. The monoisotopic (exact) mass is 298 g/mol. The number of carbonyl (C=O) groups excluding carboxylic acids is 1. The van der Waals surface area contributed by atoms with Crippen LogP contribution < -0.4 is 11.1 Å². The molecule has 1 saturated carbocycles. The summed E-state index contributed by atoms with van der Waals surface area (Å²) < 4.78 is 11.2. The van der Waals surface area contributed by atoms with Crippen LogP contribution in [0.3, 0.4) is 0 Å². The molecular formula is C16H30N2O3. The van der Waals surface area contributed by atoms with Crippen molar-refractivity contribution in [1.82, 2.24) is 5.32 Å². The molecule has 4 atom stereocenters. The van der Waals surface area contributed by atoms with Crippen molar-refractivity contribution in [1.29, 1.82) is 0 Å². The third kappa shape index (κ3) is 3.69. The second-order valence-corrected chi connectivity index (χ2v) is 7.96. The van der Waals surface area contributed by atoms with E-state index in [9.17, 15) is 4.79 Å². The highest BCUT2D eigenvalue weighted by molar-refractivity contribution is 5.67. The summed E-state index contributed by atoms with van der Waals surface area (Å²) in [5.41, 5.74) is 5.66. The lowest BCUT2D eigenvalue weighted by atomic mass is 9.94. The van der Waals surface area contributed by atoms with Crippen molar-refractivity contribution in [2.45, 2.75) is 52.7 Å². The van der Waals surface area contributed by atoms with Crippen molar-refractivity contribution < 1.29 is 14.3 Å². The van der Waals surface area contributed by atoms with Crippen LogP contribution in [-0.4, -0.2) is 37.5 Å². The Balaban J connectivity index is 1.85. The minimum Gasteiger partial charge on any atom is -0.444 e. The number of hydrogen-bond acceptors (Lipinski definition) is 4. The maximum Gasteiger partial charge on any atom is 0.407 e. The van der Waals surface area contributed by atoms with Gasteiger partial charge in [-0.05, 0) is 51.0 Å². The minimum absolute atomic E-state index is 0.212. The summed E-state index contributed by atoms with van der Waals surface area (Å²) in [6, 6.07) is 0. The summed E-state index contributed by atoms with van der Waals surface area (Å²) in [6.07, 6.45) is 0.853. The van der Waals surface area contributed by atoms with Crippen LogP contribution in [0.5, 0.6) is 0 Å². The molecule has 0 aromatic heterocycles. The van der Waals surface area contributed by atoms with Crippen LogP contribution in [0.4, 0.5) is 4.79 Å². The van der Waals surface area contributed by atoms with Gasteiger partial charge in [-0.15, -0.1) is 0 Å². The number of ether oxygens (including phenoxy) is 2. The number of amides is 1. The lowest BCUT2D eigenvalue weighted by molar-refractivity contribution is 0.0455. The zero-order valence-corrected chi connectivity index (χ0v) is 13.9. The summed E-state index contributed by atoms with van der Waals surface area (Å²) >= 11 is 0. The molecule has 0 aromatic rings. The summed E-state index contributed by atoms with van der Waals surface area (Å²) in [5.74, 6) is 1.40. The highest BCUT2D eigenvalue weighted by Crippen LogP contribution is 2.61. The topological polar surface area (TPSA) is 73.6 Å². The quantitative estimate of drug-likeness (QED) is 0.834. The fourth-order valence-electron chi connectivity index (χ4n) is 3.69. The molecule has 0 radical (unpaired) electrons. The molecule has 2 rings (SSSR count). The average Bonchev–Trinajstić information content (AvgIpc) is 2.70. The average molecular weight is 298 g/mol. The maximum atomic E-state index is 11.8. The van der Waals surface area contributed by atoms with Gasteiger partial charge in [0, 0.05) is 19.1 Å². The van der Waals surface area contributed by atoms with Gasteiger partial charge in [-0.25, -0.2) is 4.79 Å². The molecule has 1 aliphatic carbocycles. The van der Waals surface area contributed by atoms with Crippen LogP contribution in [0.25, 0.3) is 0 Å². The van der Waals surface area contributed by atoms with Gasteiger partial charge < -0.3 is 20.5 Å². The van der Waals surface area contributed by atoms with Crippen molar-refractivity contribution in [3.8, 4) is 0 Å². The summed E-state index contributed by atoms with van der Waals surface area (Å²) in [5, 5.41) is 2.88. The minimum atomic E-state index is -0.460. The lowest BCUT2D eigenvalue weighted by Gasteiger charge is -2.23. The molecule has 5 heteroatoms. The third-order valence-electron chi connectivity index (χ3n) is 4.92. The first-order chi connectivity index (χ1) is 9.66. The van der Waals surface area contributed by atoms with Gasteiger partial charge in [0.15, 0.2) is 0 Å². The van der Waals surface area contributed by atoms with Gasteiger partial charge >= 0.3 is 6.09 Å². The second-order valence-electron chi connectivity index (χ2n) is 7.96. The molecule has 2 aliphatic rings. The van der Waals surface area contributed by atoms with Gasteiger partial charge in [-0.1, -0.05) is 13.8 Å². The van der Waals surface area contributed by atoms with Gasteiger partial charge in [-0.3, -0.25) is 0 Å². The number of carbonyl (C=O) groups is 1. The molecule has 3 N–H and O–H groups in total. The van der Waals surface area contributed by atoms with E-state index in [1.54, 1.807) is 0 Å². The zero-order chi connectivity index (χ0) is 15.8. The number of hydrogen-bond donors (Lipinski definition) is 2. The SMILES string of the molecule is CC(C)(C)OC(=O)NC[C@@H]1CCOC1[C@@H]1[C@@H](CN)C1(C)C. The lowest BCUT2D eigenvalue weighted by Crippen LogP contribution is -2.38. The first-order valence-electron chi connectivity index (χ1n) is 7.95. The second kappa shape index (κ2) is 5.76. The molecule has 0 spiro atoms. The normalized spacial score (nSPS) is 34.6. The summed E-state index contributed by atoms with van der Waals surface area (Å²) in [6.45, 7) is 12.2. The van der Waals surface area contributed by atoms with E-state index < -0.39 is 5.60 Å². The van der Waals surface area contributed by atoms with E-state index >= 15 is 0 Å². The first-order valence-corrected chi connectivity index (χ1v) is 7.95. The molecular weight excluding hydrogens is 268 g/mol. The highest BCUT2D eigenvalue weighted by Gasteiger charge is 2.62. The Morgan fingerprint density at radius 3 is 2.62 bits per heavy atom. The van der Waals surface area contributed by atoms with Gasteiger partial charge in [0.2, 0.25) is 0 Å². The Morgan fingerprint density at radius 2 is 2.10 bits per heavy atom. The van der Waals surface area contributed by atoms with Gasteiger partial charge in [0.05, 0.1) is 6.10 Å². The van der Waals surface area contributed by atoms with E-state index in [1.807, 2.05) is 20.8 Å². The Bertz CT molecular complexity index is 389. The van der Waals surface area contributed by atoms with Crippen LogP contribution in [0.2, 0.25) is 0 Å². The smallest absolute Gasteiger partial charge is 0.407 e. The van der Waals surface area contributed by atoms with E-state index in [2.05, 4.69) is 19.2 Å². The van der Waals surface area contributed by atoms with Crippen LogP contribution in [0.1, 0.15) is 41.0 Å². The van der Waals surface area contributed by atoms with Gasteiger partial charge in [0.1, 0.15) is 5.60 Å². The summed E-state index contributed by atoms with van der Waals surface area (Å²) in [4.78, 5) is 11.8. The van der Waals surface area contributed by atoms with Crippen molar-refractivity contribution in [3.05, 3.63) is 0 Å².